The molecule has 118 valence electrons. The molecule has 0 saturated heterocycles. The Morgan fingerprint density at radius 3 is 2.48 bits per heavy atom. The molecule has 4 N–H and O–H groups in total. The van der Waals surface area contributed by atoms with Crippen LogP contribution in [0.5, 0.6) is 0 Å². The van der Waals surface area contributed by atoms with Gasteiger partial charge in [-0.3, -0.25) is 0 Å². The Hall–Kier alpha value is -1.57. The normalized spacial score (nSPS) is 18.5. The van der Waals surface area contributed by atoms with Crippen LogP contribution < -0.4 is 11.1 Å². The summed E-state index contributed by atoms with van der Waals surface area (Å²) in [5.74, 6) is -0.387. The van der Waals surface area contributed by atoms with Crippen LogP contribution in [0.25, 0.3) is 0 Å². The lowest BCUT2D eigenvalue weighted by atomic mass is 9.74. The van der Waals surface area contributed by atoms with Gasteiger partial charge >= 0.3 is 6.18 Å². The van der Waals surface area contributed by atoms with E-state index in [0.29, 0.717) is 6.54 Å². The number of rotatable bonds is 4. The Kier molecular flexibility index (Phi) is 4.55. The molecule has 1 aromatic rings. The summed E-state index contributed by atoms with van der Waals surface area (Å²) < 4.78 is 38.0. The molecule has 0 bridgehead atoms. The molecular formula is C13H19F3N4O. The number of nitrogen functional groups attached to an aromatic ring is 1. The molecule has 8 heteroatoms. The minimum Gasteiger partial charge on any atom is -0.396 e. The average Bonchev–Trinajstić information content (AvgIpc) is 2.45. The second-order valence-electron chi connectivity index (χ2n) is 5.57. The highest BCUT2D eigenvalue weighted by atomic mass is 19.4. The maximum Gasteiger partial charge on any atom is 0.433 e. The topological polar surface area (TPSA) is 84.1 Å². The van der Waals surface area contributed by atoms with Crippen LogP contribution in [0.4, 0.5) is 24.9 Å². The van der Waals surface area contributed by atoms with Crippen LogP contribution >= 0.6 is 0 Å². The third-order valence-electron chi connectivity index (χ3n) is 3.93. The van der Waals surface area contributed by atoms with E-state index in [1.165, 1.54) is 0 Å². The zero-order valence-corrected chi connectivity index (χ0v) is 11.6. The molecule has 0 atom stereocenters. The quantitative estimate of drug-likeness (QED) is 0.795. The second kappa shape index (κ2) is 6.05. The summed E-state index contributed by atoms with van der Waals surface area (Å²) in [5, 5.41) is 12.4. The molecule has 0 spiro atoms. The van der Waals surface area contributed by atoms with E-state index in [-0.39, 0.29) is 17.8 Å². The van der Waals surface area contributed by atoms with Crippen LogP contribution in [-0.4, -0.2) is 28.2 Å². The molecule has 5 nitrogen and oxygen atoms in total. The molecule has 0 amide bonds. The van der Waals surface area contributed by atoms with Crippen molar-refractivity contribution in [3.63, 3.8) is 0 Å². The molecule has 1 aliphatic rings. The number of nitrogens with zero attached hydrogens (tertiary/aromatic N) is 2. The van der Waals surface area contributed by atoms with Gasteiger partial charge in [0.25, 0.3) is 0 Å². The molecule has 1 aromatic heterocycles. The largest absolute Gasteiger partial charge is 0.433 e. The van der Waals surface area contributed by atoms with Gasteiger partial charge in [0, 0.05) is 18.0 Å². The lowest BCUT2D eigenvalue weighted by Gasteiger charge is -2.35. The number of hydrogen-bond acceptors (Lipinski definition) is 5. The zero-order valence-electron chi connectivity index (χ0n) is 11.6. The summed E-state index contributed by atoms with van der Waals surface area (Å²) in [7, 11) is 0. The predicted molar refractivity (Wildman–Crippen MR) is 72.5 cm³/mol. The van der Waals surface area contributed by atoms with Crippen molar-refractivity contribution < 1.29 is 18.3 Å². The van der Waals surface area contributed by atoms with Gasteiger partial charge in [-0.1, -0.05) is 19.3 Å². The first-order valence-corrected chi connectivity index (χ1v) is 6.91. The number of alkyl halides is 3. The van der Waals surface area contributed by atoms with Crippen LogP contribution in [0.2, 0.25) is 0 Å². The maximum absolute atomic E-state index is 12.7. The monoisotopic (exact) mass is 304 g/mol. The van der Waals surface area contributed by atoms with Gasteiger partial charge < -0.3 is 16.2 Å². The first kappa shape index (κ1) is 15.8. The van der Waals surface area contributed by atoms with E-state index in [1.54, 1.807) is 0 Å². The number of aromatic nitrogens is 2. The van der Waals surface area contributed by atoms with Gasteiger partial charge in [0.1, 0.15) is 5.82 Å². The van der Waals surface area contributed by atoms with E-state index >= 15 is 0 Å². The van der Waals surface area contributed by atoms with Gasteiger partial charge in [0.2, 0.25) is 5.95 Å². The molecule has 1 fully saturated rings. The van der Waals surface area contributed by atoms with Crippen molar-refractivity contribution in [1.82, 2.24) is 9.97 Å². The molecule has 1 saturated carbocycles. The number of aliphatic hydroxyl groups excluding tert-OH is 1. The number of hydrogen-bond donors (Lipinski definition) is 3. The molecule has 1 heterocycles. The molecule has 0 aliphatic heterocycles. The Morgan fingerprint density at radius 1 is 1.24 bits per heavy atom. The van der Waals surface area contributed by atoms with Gasteiger partial charge in [0.15, 0.2) is 5.69 Å². The van der Waals surface area contributed by atoms with Crippen molar-refractivity contribution in [3.05, 3.63) is 11.8 Å². The second-order valence-corrected chi connectivity index (χ2v) is 5.57. The van der Waals surface area contributed by atoms with Crippen LogP contribution in [0.3, 0.4) is 0 Å². The molecule has 2 rings (SSSR count). The van der Waals surface area contributed by atoms with E-state index in [0.717, 1.165) is 38.2 Å². The Labute approximate surface area is 120 Å². The van der Waals surface area contributed by atoms with Crippen molar-refractivity contribution in [2.75, 3.05) is 24.2 Å². The van der Waals surface area contributed by atoms with E-state index in [9.17, 15) is 18.3 Å². The molecule has 1 aliphatic carbocycles. The fraction of sp³-hybridized carbons (Fsp3) is 0.692. The van der Waals surface area contributed by atoms with Gasteiger partial charge in [-0.2, -0.15) is 18.2 Å². The first-order valence-electron chi connectivity index (χ1n) is 6.91. The van der Waals surface area contributed by atoms with Crippen molar-refractivity contribution in [2.24, 2.45) is 5.41 Å². The van der Waals surface area contributed by atoms with Crippen molar-refractivity contribution in [3.8, 4) is 0 Å². The molecule has 0 radical (unpaired) electrons. The number of nitrogens with one attached hydrogen (secondary N) is 1. The maximum atomic E-state index is 12.7. The third-order valence-corrected chi connectivity index (χ3v) is 3.93. The predicted octanol–water partition coefficient (Wildman–Crippen LogP) is 2.43. The Balaban J connectivity index is 2.10. The highest BCUT2D eigenvalue weighted by Crippen LogP contribution is 2.36. The summed E-state index contributed by atoms with van der Waals surface area (Å²) in [4.78, 5) is 6.96. The Bertz CT molecular complexity index is 487. The average molecular weight is 304 g/mol. The van der Waals surface area contributed by atoms with Crippen molar-refractivity contribution >= 4 is 11.8 Å². The van der Waals surface area contributed by atoms with Gasteiger partial charge in [-0.05, 0) is 12.8 Å². The van der Waals surface area contributed by atoms with Crippen molar-refractivity contribution in [1.29, 1.82) is 0 Å². The fourth-order valence-corrected chi connectivity index (χ4v) is 2.67. The minimum atomic E-state index is -4.56. The highest BCUT2D eigenvalue weighted by Gasteiger charge is 2.34. The summed E-state index contributed by atoms with van der Waals surface area (Å²) in [6.45, 7) is 0.379. The highest BCUT2D eigenvalue weighted by molar-refractivity contribution is 5.41. The van der Waals surface area contributed by atoms with Crippen molar-refractivity contribution in [2.45, 2.75) is 38.3 Å². The zero-order chi connectivity index (χ0) is 15.5. The van der Waals surface area contributed by atoms with E-state index in [2.05, 4.69) is 15.3 Å². The Morgan fingerprint density at radius 2 is 1.90 bits per heavy atom. The number of nitrogens with two attached hydrogens (primary N) is 1. The smallest absolute Gasteiger partial charge is 0.396 e. The molecular weight excluding hydrogens is 285 g/mol. The SMILES string of the molecule is Nc1nc(NCC2(CO)CCCCC2)cc(C(F)(F)F)n1. The number of anilines is 2. The lowest BCUT2D eigenvalue weighted by molar-refractivity contribution is -0.141. The van der Waals surface area contributed by atoms with E-state index in [1.807, 2.05) is 0 Å². The van der Waals surface area contributed by atoms with Gasteiger partial charge in [-0.15, -0.1) is 0 Å². The van der Waals surface area contributed by atoms with Crippen LogP contribution in [0.1, 0.15) is 37.8 Å². The van der Waals surface area contributed by atoms with Crippen LogP contribution in [0.15, 0.2) is 6.07 Å². The van der Waals surface area contributed by atoms with Crippen LogP contribution in [0, 0.1) is 5.41 Å². The van der Waals surface area contributed by atoms with E-state index < -0.39 is 17.8 Å². The molecule has 0 unspecified atom stereocenters. The summed E-state index contributed by atoms with van der Waals surface area (Å²) in [6, 6.07) is 0.838. The summed E-state index contributed by atoms with van der Waals surface area (Å²) >= 11 is 0. The van der Waals surface area contributed by atoms with Gasteiger partial charge in [-0.25, -0.2) is 4.98 Å². The third kappa shape index (κ3) is 3.96. The lowest BCUT2D eigenvalue weighted by Crippen LogP contribution is -2.35. The first-order chi connectivity index (χ1) is 9.85. The van der Waals surface area contributed by atoms with E-state index in [4.69, 9.17) is 5.73 Å². The fourth-order valence-electron chi connectivity index (χ4n) is 2.67. The van der Waals surface area contributed by atoms with Crippen LogP contribution in [-0.2, 0) is 6.18 Å². The standard InChI is InChI=1S/C13H19F3N4O/c14-13(15,16)9-6-10(20-11(17)19-9)18-7-12(8-21)4-2-1-3-5-12/h6,21H,1-5,7-8H2,(H3,17,18,19,20). The molecule has 21 heavy (non-hydrogen) atoms. The minimum absolute atomic E-state index is 0.00664. The summed E-state index contributed by atoms with van der Waals surface area (Å²) in [6.07, 6.45) is 0.295. The van der Waals surface area contributed by atoms with Gasteiger partial charge in [0.05, 0.1) is 6.61 Å². The number of halogens is 3. The molecule has 0 aromatic carbocycles. The number of aliphatic hydroxyl groups is 1. The summed E-state index contributed by atoms with van der Waals surface area (Å²) in [5.41, 5.74) is 3.95.